The highest BCUT2D eigenvalue weighted by atomic mass is 79.9. The molecule has 0 saturated carbocycles. The minimum absolute atomic E-state index is 0.126. The molecule has 0 radical (unpaired) electrons. The molecule has 0 heterocycles. The molecule has 15 heavy (non-hydrogen) atoms. The molecule has 0 bridgehead atoms. The molecule has 1 aromatic carbocycles. The number of benzene rings is 1. The third-order valence-corrected chi connectivity index (χ3v) is 3.14. The summed E-state index contributed by atoms with van der Waals surface area (Å²) in [5.74, 6) is 0.155. The van der Waals surface area contributed by atoms with Crippen molar-refractivity contribution in [1.29, 1.82) is 0 Å². The Balaban J connectivity index is 2.98. The molecule has 0 saturated heterocycles. The lowest BCUT2D eigenvalue weighted by atomic mass is 10.3. The van der Waals surface area contributed by atoms with Crippen LogP contribution in [-0.2, 0) is 14.3 Å². The molecule has 0 amide bonds. The third-order valence-electron chi connectivity index (χ3n) is 1.61. The maximum Gasteiger partial charge on any atom is 0.300 e. The van der Waals surface area contributed by atoms with E-state index in [1.165, 1.54) is 25.3 Å². The van der Waals surface area contributed by atoms with Gasteiger partial charge in [0.05, 0.1) is 13.7 Å². The topological polar surface area (TPSA) is 52.6 Å². The van der Waals surface area contributed by atoms with Crippen LogP contribution in [-0.4, -0.2) is 27.4 Å². The summed E-state index contributed by atoms with van der Waals surface area (Å²) in [4.78, 5) is -0.126. The maximum atomic E-state index is 11.8. The summed E-state index contributed by atoms with van der Waals surface area (Å²) in [6.07, 6.45) is 0. The predicted molar refractivity (Wildman–Crippen MR) is 59.9 cm³/mol. The highest BCUT2D eigenvalue weighted by Crippen LogP contribution is 2.24. The highest BCUT2D eigenvalue weighted by molar-refractivity contribution is 9.09. The van der Waals surface area contributed by atoms with Crippen molar-refractivity contribution in [2.24, 2.45) is 0 Å². The molecular formula is C9H11BrO4S. The van der Waals surface area contributed by atoms with Gasteiger partial charge in [0.25, 0.3) is 0 Å². The number of rotatable bonds is 5. The van der Waals surface area contributed by atoms with Gasteiger partial charge in [0.2, 0.25) is 0 Å². The fraction of sp³-hybridized carbons (Fsp3) is 0.333. The Labute approximate surface area is 100 Å². The van der Waals surface area contributed by atoms with Gasteiger partial charge in [-0.15, -0.1) is 0 Å². The molecule has 1 rings (SSSR count). The zero-order chi connectivity index (χ0) is 13.1. The summed E-state index contributed by atoms with van der Waals surface area (Å²) < 4.78 is 47.3. The summed E-state index contributed by atoms with van der Waals surface area (Å²) in [6.45, 7) is -0.618. The largest absolute Gasteiger partial charge is 0.495 e. The van der Waals surface area contributed by atoms with E-state index in [0.717, 1.165) is 0 Å². The molecule has 0 atom stereocenters. The summed E-state index contributed by atoms with van der Waals surface area (Å²) in [6, 6.07) is 5.97. The maximum absolute atomic E-state index is 11.8. The fourth-order valence-corrected chi connectivity index (χ4v) is 2.24. The van der Waals surface area contributed by atoms with Crippen LogP contribution in [0.15, 0.2) is 29.2 Å². The third kappa shape index (κ3) is 3.19. The molecule has 0 N–H and O–H groups in total. The highest BCUT2D eigenvalue weighted by Gasteiger charge is 2.19. The molecule has 4 nitrogen and oxygen atoms in total. The average Bonchev–Trinajstić information content (AvgIpc) is 2.26. The number of halogens is 1. The number of para-hydroxylation sites is 1. The Kier molecular flexibility index (Phi) is 3.52. The van der Waals surface area contributed by atoms with E-state index in [9.17, 15) is 8.42 Å². The fourth-order valence-electron chi connectivity index (χ4n) is 0.989. The van der Waals surface area contributed by atoms with Crippen LogP contribution in [0.1, 0.15) is 2.74 Å². The van der Waals surface area contributed by atoms with Crippen LogP contribution in [0.2, 0.25) is 0 Å². The molecule has 6 heteroatoms. The zero-order valence-corrected chi connectivity index (χ0v) is 10.3. The molecule has 0 aliphatic rings. The Morgan fingerprint density at radius 3 is 2.73 bits per heavy atom. The van der Waals surface area contributed by atoms with Crippen molar-refractivity contribution < 1.29 is 20.1 Å². The first-order valence-electron chi connectivity index (χ1n) is 4.98. The van der Waals surface area contributed by atoms with Crippen LogP contribution in [0.3, 0.4) is 0 Å². The van der Waals surface area contributed by atoms with Crippen LogP contribution >= 0.6 is 15.9 Å². The van der Waals surface area contributed by atoms with Gasteiger partial charge in [0.15, 0.2) is 0 Å². The monoisotopic (exact) mass is 296 g/mol. The number of hydrogen-bond acceptors (Lipinski definition) is 4. The number of methoxy groups -OCH3 is 1. The first kappa shape index (κ1) is 9.62. The molecule has 0 unspecified atom stereocenters. The minimum atomic E-state index is -4.03. The number of alkyl halides is 1. The van der Waals surface area contributed by atoms with Crippen LogP contribution in [0.4, 0.5) is 0 Å². The Morgan fingerprint density at radius 2 is 2.13 bits per heavy atom. The summed E-state index contributed by atoms with van der Waals surface area (Å²) >= 11 is 2.65. The SMILES string of the molecule is [2H]C([2H])(Br)COS(=O)(=O)c1ccccc1OC. The van der Waals surface area contributed by atoms with Crippen LogP contribution in [0.5, 0.6) is 5.75 Å². The zero-order valence-electron chi connectivity index (χ0n) is 9.94. The normalized spacial score (nSPS) is 14.3. The molecule has 1 aromatic rings. The van der Waals surface area contributed by atoms with Crippen molar-refractivity contribution in [3.05, 3.63) is 24.3 Å². The van der Waals surface area contributed by atoms with Crippen molar-refractivity contribution in [3.63, 3.8) is 0 Å². The van der Waals surface area contributed by atoms with Gasteiger partial charge in [-0.1, -0.05) is 28.1 Å². The van der Waals surface area contributed by atoms with E-state index in [0.29, 0.717) is 0 Å². The molecule has 0 aliphatic heterocycles. The number of ether oxygens (including phenoxy) is 1. The van der Waals surface area contributed by atoms with Gasteiger partial charge in [0.1, 0.15) is 10.6 Å². The first-order chi connectivity index (χ1) is 7.76. The van der Waals surface area contributed by atoms with Crippen molar-refractivity contribution in [2.75, 3.05) is 19.0 Å². The van der Waals surface area contributed by atoms with Gasteiger partial charge in [-0.2, -0.15) is 8.42 Å². The molecule has 84 valence electrons. The second-order valence-electron chi connectivity index (χ2n) is 2.50. The van der Waals surface area contributed by atoms with Crippen molar-refractivity contribution in [3.8, 4) is 5.75 Å². The molecular weight excluding hydrogens is 284 g/mol. The Hall–Kier alpha value is -0.590. The second-order valence-corrected chi connectivity index (χ2v) is 4.65. The second kappa shape index (κ2) is 5.48. The van der Waals surface area contributed by atoms with Gasteiger partial charge in [-0.3, -0.25) is 4.18 Å². The predicted octanol–water partition coefficient (Wildman–Crippen LogP) is 1.80. The van der Waals surface area contributed by atoms with E-state index in [4.69, 9.17) is 7.48 Å². The van der Waals surface area contributed by atoms with E-state index in [2.05, 4.69) is 20.1 Å². The summed E-state index contributed by atoms with van der Waals surface area (Å²) in [7, 11) is -2.69. The van der Waals surface area contributed by atoms with E-state index < -0.39 is 22.0 Å². The van der Waals surface area contributed by atoms with Crippen LogP contribution < -0.4 is 4.74 Å². The standard InChI is InChI=1S/C9H11BrO4S/c1-13-8-4-2-3-5-9(8)15(11,12)14-7-6-10/h2-5H,6-7H2,1H3/i6D2. The lowest BCUT2D eigenvalue weighted by molar-refractivity contribution is 0.336. The average molecular weight is 297 g/mol. The van der Waals surface area contributed by atoms with E-state index in [1.54, 1.807) is 6.07 Å². The molecule has 0 aromatic heterocycles. The van der Waals surface area contributed by atoms with Gasteiger partial charge >= 0.3 is 10.1 Å². The van der Waals surface area contributed by atoms with Crippen molar-refractivity contribution in [1.82, 2.24) is 0 Å². The van der Waals surface area contributed by atoms with Gasteiger partial charge in [-0.25, -0.2) is 0 Å². The summed E-state index contributed by atoms with van der Waals surface area (Å²) in [5.41, 5.74) is 0. The van der Waals surface area contributed by atoms with Gasteiger partial charge in [-0.05, 0) is 12.1 Å². The quantitative estimate of drug-likeness (QED) is 0.614. The number of hydrogen-bond donors (Lipinski definition) is 0. The Morgan fingerprint density at radius 1 is 1.47 bits per heavy atom. The first-order valence-corrected chi connectivity index (χ1v) is 6.18. The van der Waals surface area contributed by atoms with E-state index in [-0.39, 0.29) is 10.6 Å². The van der Waals surface area contributed by atoms with Crippen LogP contribution in [0.25, 0.3) is 0 Å². The van der Waals surface area contributed by atoms with Crippen molar-refractivity contribution in [2.45, 2.75) is 4.90 Å². The molecule has 0 spiro atoms. The van der Waals surface area contributed by atoms with Gasteiger partial charge in [0, 0.05) is 8.02 Å². The molecule has 0 fully saturated rings. The Bertz CT molecular complexity index is 484. The van der Waals surface area contributed by atoms with Crippen LogP contribution in [0, 0.1) is 0 Å². The van der Waals surface area contributed by atoms with Crippen molar-refractivity contribution >= 4 is 26.0 Å². The smallest absolute Gasteiger partial charge is 0.300 e. The minimum Gasteiger partial charge on any atom is -0.495 e. The molecule has 0 aliphatic carbocycles. The van der Waals surface area contributed by atoms with E-state index in [1.807, 2.05) is 0 Å². The lowest BCUT2D eigenvalue weighted by Gasteiger charge is -2.08. The lowest BCUT2D eigenvalue weighted by Crippen LogP contribution is -2.09. The van der Waals surface area contributed by atoms with E-state index >= 15 is 0 Å². The van der Waals surface area contributed by atoms with Gasteiger partial charge < -0.3 is 4.74 Å². The summed E-state index contributed by atoms with van der Waals surface area (Å²) in [5, 5.41) is -1.90.